The van der Waals surface area contributed by atoms with Gasteiger partial charge in [-0.15, -0.1) is 0 Å². The van der Waals surface area contributed by atoms with Gasteiger partial charge in [0.15, 0.2) is 17.5 Å². The molecule has 0 nitrogen and oxygen atoms in total. The van der Waals surface area contributed by atoms with Crippen LogP contribution in [-0.4, -0.2) is 0 Å². The maximum absolute atomic E-state index is 15.1. The fraction of sp³-hybridized carbons (Fsp3) is 0.188. The van der Waals surface area contributed by atoms with Gasteiger partial charge in [0.25, 0.3) is 0 Å². The number of unbranched alkanes of at least 4 members (excludes halogenated alkanes) is 2. The normalized spacial score (nSPS) is 10.8. The van der Waals surface area contributed by atoms with Crippen molar-refractivity contribution in [2.45, 2.75) is 39.5 Å². The van der Waals surface area contributed by atoms with E-state index in [-0.39, 0.29) is 27.8 Å². The van der Waals surface area contributed by atoms with E-state index in [2.05, 4.69) is 18.8 Å². The maximum atomic E-state index is 15.1. The summed E-state index contributed by atoms with van der Waals surface area (Å²) >= 11 is 0. The van der Waals surface area contributed by atoms with Gasteiger partial charge < -0.3 is 0 Å². The van der Waals surface area contributed by atoms with Gasteiger partial charge in [0.05, 0.1) is 5.56 Å². The second kappa shape index (κ2) is 11.6. The van der Waals surface area contributed by atoms with Gasteiger partial charge in [-0.25, -0.2) is 26.3 Å². The molecule has 0 amide bonds. The summed E-state index contributed by atoms with van der Waals surface area (Å²) in [5.74, 6) is -1.32. The Morgan fingerprint density at radius 2 is 1.24 bits per heavy atom. The fourth-order valence-electron chi connectivity index (χ4n) is 4.26. The smallest absolute Gasteiger partial charge is 0.194 e. The number of hydrogen-bond donors (Lipinski definition) is 0. The molecule has 0 atom stereocenters. The first kappa shape index (κ1) is 27.1. The highest BCUT2D eigenvalue weighted by molar-refractivity contribution is 5.72. The van der Waals surface area contributed by atoms with Crippen molar-refractivity contribution in [1.82, 2.24) is 0 Å². The first-order valence-electron chi connectivity index (χ1n) is 12.2. The van der Waals surface area contributed by atoms with Crippen LogP contribution in [0.15, 0.2) is 60.7 Å². The molecule has 0 fully saturated rings. The zero-order valence-electron chi connectivity index (χ0n) is 20.9. The highest BCUT2D eigenvalue weighted by Crippen LogP contribution is 2.32. The summed E-state index contributed by atoms with van der Waals surface area (Å²) in [5.41, 5.74) is 2.06. The van der Waals surface area contributed by atoms with E-state index in [1.54, 1.807) is 19.1 Å². The van der Waals surface area contributed by atoms with Crippen LogP contribution < -0.4 is 0 Å². The molecule has 0 aliphatic carbocycles. The summed E-state index contributed by atoms with van der Waals surface area (Å²) in [4.78, 5) is 0. The first-order valence-corrected chi connectivity index (χ1v) is 12.2. The Bertz CT molecular complexity index is 1510. The Labute approximate surface area is 218 Å². The number of benzene rings is 4. The molecule has 0 bridgehead atoms. The Kier molecular flexibility index (Phi) is 8.26. The SMILES string of the molecule is CCCCCc1ccc(-c2ccc(-c3cc(C)c(C#Cc4cc(F)c(F)c(F)c4)c(F)c3)c(F)c2)c(F)c1. The van der Waals surface area contributed by atoms with Gasteiger partial charge in [0.1, 0.15) is 17.5 Å². The molecule has 0 spiro atoms. The van der Waals surface area contributed by atoms with Crippen LogP contribution in [0.2, 0.25) is 0 Å². The van der Waals surface area contributed by atoms with Crippen molar-refractivity contribution < 1.29 is 26.3 Å². The van der Waals surface area contributed by atoms with E-state index in [9.17, 15) is 22.0 Å². The maximum Gasteiger partial charge on any atom is 0.194 e. The number of halogens is 6. The van der Waals surface area contributed by atoms with Gasteiger partial charge in [-0.05, 0) is 78.4 Å². The average Bonchev–Trinajstić information content (AvgIpc) is 2.87. The molecule has 0 saturated heterocycles. The lowest BCUT2D eigenvalue weighted by Crippen LogP contribution is -1.95. The molecule has 0 aliphatic heterocycles. The van der Waals surface area contributed by atoms with E-state index < -0.39 is 34.9 Å². The first-order chi connectivity index (χ1) is 18.2. The van der Waals surface area contributed by atoms with Crippen molar-refractivity contribution in [1.29, 1.82) is 0 Å². The van der Waals surface area contributed by atoms with Gasteiger partial charge in [-0.3, -0.25) is 0 Å². The lowest BCUT2D eigenvalue weighted by atomic mass is 9.95. The van der Waals surface area contributed by atoms with E-state index >= 15 is 4.39 Å². The van der Waals surface area contributed by atoms with Gasteiger partial charge in [-0.2, -0.15) is 0 Å². The lowest BCUT2D eigenvalue weighted by Gasteiger charge is -2.11. The van der Waals surface area contributed by atoms with Gasteiger partial charge in [0.2, 0.25) is 0 Å². The predicted octanol–water partition coefficient (Wildman–Crippen LogP) is 9.30. The molecule has 194 valence electrons. The van der Waals surface area contributed by atoms with Crippen molar-refractivity contribution in [3.05, 3.63) is 118 Å². The van der Waals surface area contributed by atoms with E-state index in [0.717, 1.165) is 37.3 Å². The third-order valence-corrected chi connectivity index (χ3v) is 6.30. The molecule has 0 N–H and O–H groups in total. The van der Waals surface area contributed by atoms with Crippen LogP contribution in [0.25, 0.3) is 22.3 Å². The lowest BCUT2D eigenvalue weighted by molar-refractivity contribution is 0.446. The summed E-state index contributed by atoms with van der Waals surface area (Å²) in [6.45, 7) is 3.66. The van der Waals surface area contributed by atoms with Crippen molar-refractivity contribution >= 4 is 0 Å². The van der Waals surface area contributed by atoms with E-state index in [1.807, 2.05) is 6.07 Å². The zero-order valence-corrected chi connectivity index (χ0v) is 20.9. The minimum absolute atomic E-state index is 0.0444. The Morgan fingerprint density at radius 1 is 0.605 bits per heavy atom. The summed E-state index contributed by atoms with van der Waals surface area (Å²) in [7, 11) is 0. The highest BCUT2D eigenvalue weighted by Gasteiger charge is 2.14. The predicted molar refractivity (Wildman–Crippen MR) is 137 cm³/mol. The molecule has 4 aromatic rings. The summed E-state index contributed by atoms with van der Waals surface area (Å²) < 4.78 is 84.8. The van der Waals surface area contributed by atoms with Crippen molar-refractivity contribution in [3.63, 3.8) is 0 Å². The summed E-state index contributed by atoms with van der Waals surface area (Å²) in [6.07, 6.45) is 3.89. The molecule has 0 aliphatic rings. The zero-order chi connectivity index (χ0) is 27.4. The van der Waals surface area contributed by atoms with E-state index in [1.165, 1.54) is 24.3 Å². The monoisotopic (exact) mass is 522 g/mol. The second-order valence-electron chi connectivity index (χ2n) is 9.12. The molecule has 6 heteroatoms. The van der Waals surface area contributed by atoms with Crippen molar-refractivity contribution in [2.24, 2.45) is 0 Å². The van der Waals surface area contributed by atoms with Gasteiger partial charge in [-0.1, -0.05) is 55.9 Å². The van der Waals surface area contributed by atoms with E-state index in [4.69, 9.17) is 0 Å². The molecule has 4 aromatic carbocycles. The molecule has 4 rings (SSSR count). The number of rotatable bonds is 6. The molecular formula is C32H24F6. The van der Waals surface area contributed by atoms with Crippen molar-refractivity contribution in [3.8, 4) is 34.1 Å². The molecule has 0 aromatic heterocycles. The largest absolute Gasteiger partial charge is 0.206 e. The molecule has 38 heavy (non-hydrogen) atoms. The van der Waals surface area contributed by atoms with Crippen LogP contribution in [0.4, 0.5) is 26.3 Å². The standard InChI is InChI=1S/C32H24F6/c1-3-4-5-6-20-7-11-25(27(33)14-20)22-9-12-26(29(35)17-22)23-13-19(2)24(28(34)18-23)10-8-21-15-30(36)32(38)31(37)16-21/h7,9,11-18H,3-6H2,1-2H3. The third-order valence-electron chi connectivity index (χ3n) is 6.30. The summed E-state index contributed by atoms with van der Waals surface area (Å²) in [6, 6.07) is 13.3. The Morgan fingerprint density at radius 3 is 1.87 bits per heavy atom. The van der Waals surface area contributed by atoms with Crippen LogP contribution in [0.5, 0.6) is 0 Å². The van der Waals surface area contributed by atoms with Gasteiger partial charge in [0, 0.05) is 16.7 Å². The molecule has 0 radical (unpaired) electrons. The molecule has 0 unspecified atom stereocenters. The van der Waals surface area contributed by atoms with Crippen LogP contribution in [0.3, 0.4) is 0 Å². The van der Waals surface area contributed by atoms with Crippen LogP contribution >= 0.6 is 0 Å². The molecule has 0 heterocycles. The van der Waals surface area contributed by atoms with Crippen LogP contribution in [-0.2, 0) is 6.42 Å². The Balaban J connectivity index is 1.60. The molecule has 0 saturated carbocycles. The van der Waals surface area contributed by atoms with Crippen molar-refractivity contribution in [2.75, 3.05) is 0 Å². The quantitative estimate of drug-likeness (QED) is 0.102. The molecular weight excluding hydrogens is 498 g/mol. The second-order valence-corrected chi connectivity index (χ2v) is 9.12. The minimum Gasteiger partial charge on any atom is -0.206 e. The highest BCUT2D eigenvalue weighted by atomic mass is 19.2. The van der Waals surface area contributed by atoms with Crippen LogP contribution in [0.1, 0.15) is 48.4 Å². The average molecular weight is 523 g/mol. The van der Waals surface area contributed by atoms with Gasteiger partial charge >= 0.3 is 0 Å². The fourth-order valence-corrected chi connectivity index (χ4v) is 4.26. The summed E-state index contributed by atoms with van der Waals surface area (Å²) in [5, 5.41) is 0. The van der Waals surface area contributed by atoms with E-state index in [0.29, 0.717) is 23.3 Å². The third kappa shape index (κ3) is 5.94. The Hall–Kier alpha value is -3.98. The topological polar surface area (TPSA) is 0 Å². The van der Waals surface area contributed by atoms with Crippen LogP contribution in [0, 0.1) is 53.7 Å². The minimum atomic E-state index is -1.61. The number of hydrogen-bond acceptors (Lipinski definition) is 0. The number of aryl methyl sites for hydroxylation is 2.